The molecule has 6 rings (SSSR count). The lowest BCUT2D eigenvalue weighted by Crippen LogP contribution is -2.57. The van der Waals surface area contributed by atoms with Crippen molar-refractivity contribution in [1.82, 2.24) is 20.1 Å². The molecule has 0 radical (unpaired) electrons. The van der Waals surface area contributed by atoms with Crippen LogP contribution in [-0.2, 0) is 26.9 Å². The molecule has 2 aromatic heterocycles. The Morgan fingerprint density at radius 2 is 1.78 bits per heavy atom. The van der Waals surface area contributed by atoms with E-state index in [9.17, 15) is 19.5 Å². The number of aromatic hydroxyl groups is 1. The lowest BCUT2D eigenvalue weighted by molar-refractivity contribution is -0.127. The first-order valence-corrected chi connectivity index (χ1v) is 22.5. The number of morpholine rings is 1. The lowest BCUT2D eigenvalue weighted by atomic mass is 9.89. The van der Waals surface area contributed by atoms with Gasteiger partial charge in [-0.15, -0.1) is 11.3 Å². The zero-order chi connectivity index (χ0) is 38.7. The Kier molecular flexibility index (Phi) is 12.2. The number of fused-ring (bicyclic) bond motifs is 1. The van der Waals surface area contributed by atoms with Crippen LogP contribution in [-0.4, -0.2) is 98.7 Å². The molecule has 2 aromatic carbocycles. The zero-order valence-electron chi connectivity index (χ0n) is 32.3. The summed E-state index contributed by atoms with van der Waals surface area (Å²) < 4.78 is 18.1. The Morgan fingerprint density at radius 3 is 2.52 bits per heavy atom. The molecule has 4 aromatic rings. The van der Waals surface area contributed by atoms with E-state index in [0.29, 0.717) is 41.5 Å². The van der Waals surface area contributed by atoms with Crippen LogP contribution >= 0.6 is 11.3 Å². The maximum absolute atomic E-state index is 13.3. The number of rotatable bonds is 12. The van der Waals surface area contributed by atoms with Crippen molar-refractivity contribution >= 4 is 42.4 Å². The van der Waals surface area contributed by atoms with Crippen LogP contribution in [0, 0.1) is 0 Å². The number of carbonyl (C=O) groups excluding carboxylic acids is 2. The largest absolute Gasteiger partial charge is 0.506 e. The molecule has 0 saturated carbocycles. The van der Waals surface area contributed by atoms with Crippen LogP contribution in [0.25, 0.3) is 10.9 Å². The highest BCUT2D eigenvalue weighted by atomic mass is 32.1. The molecular weight excluding hydrogens is 721 g/mol. The summed E-state index contributed by atoms with van der Waals surface area (Å²) in [5, 5.41) is 15.0. The smallest absolute Gasteiger partial charge is 0.348 e. The molecule has 54 heavy (non-hydrogen) atoms. The fourth-order valence-corrected chi connectivity index (χ4v) is 9.32. The van der Waals surface area contributed by atoms with Crippen LogP contribution in [0.2, 0.25) is 18.1 Å². The molecule has 1 amide bonds. The number of pyridine rings is 1. The van der Waals surface area contributed by atoms with Gasteiger partial charge in [0.2, 0.25) is 5.56 Å². The Balaban J connectivity index is 1.03. The van der Waals surface area contributed by atoms with Gasteiger partial charge < -0.3 is 34.2 Å². The van der Waals surface area contributed by atoms with Gasteiger partial charge in [0.05, 0.1) is 42.4 Å². The highest BCUT2D eigenvalue weighted by Crippen LogP contribution is 2.41. The van der Waals surface area contributed by atoms with Crippen LogP contribution in [0.4, 0.5) is 0 Å². The van der Waals surface area contributed by atoms with Gasteiger partial charge in [-0.3, -0.25) is 14.5 Å². The minimum absolute atomic E-state index is 0.00730. The van der Waals surface area contributed by atoms with Gasteiger partial charge in [0, 0.05) is 44.2 Å². The molecule has 2 aliphatic rings. The third kappa shape index (κ3) is 9.15. The number of hydrogen-bond acceptors (Lipinski definition) is 10. The van der Waals surface area contributed by atoms with Crippen molar-refractivity contribution in [3.63, 3.8) is 0 Å². The average molecular weight is 775 g/mol. The first kappa shape index (κ1) is 39.8. The fourth-order valence-electron chi connectivity index (χ4n) is 7.15. The van der Waals surface area contributed by atoms with Crippen LogP contribution in [0.15, 0.2) is 65.5 Å². The maximum atomic E-state index is 13.3. The number of amides is 1. The second-order valence-corrected chi connectivity index (χ2v) is 22.0. The number of nitrogens with zero attached hydrogens (tertiary/aromatic N) is 2. The third-order valence-corrected chi connectivity index (χ3v) is 16.9. The molecule has 0 bridgehead atoms. The molecule has 1 atom stereocenters. The minimum atomic E-state index is -2.17. The summed E-state index contributed by atoms with van der Waals surface area (Å²) in [6.45, 7) is 16.7. The maximum Gasteiger partial charge on any atom is 0.348 e. The molecular formula is C41H54N4O7SSi. The SMILES string of the molecule is COC(=O)c1ccc(C(=O)N2CCOC3(CCN(Cc4cccc(CCNC[C@H](O[Si](C)(C)C(C)(C)C)c5ccc(O)c6[nH]c(=O)ccc56)c4)CC3)C2)s1. The van der Waals surface area contributed by atoms with Crippen molar-refractivity contribution in [2.45, 2.75) is 76.4 Å². The molecule has 2 fully saturated rings. The lowest BCUT2D eigenvalue weighted by Gasteiger charge is -2.47. The van der Waals surface area contributed by atoms with E-state index in [1.54, 1.807) is 24.3 Å². The number of thiophene rings is 1. The van der Waals surface area contributed by atoms with Gasteiger partial charge in [-0.1, -0.05) is 51.1 Å². The number of carbonyl (C=O) groups is 2. The average Bonchev–Trinajstić information content (AvgIpc) is 3.64. The number of benzene rings is 2. The molecule has 0 unspecified atom stereocenters. The number of H-pyrrole nitrogens is 1. The Bertz CT molecular complexity index is 2010. The van der Waals surface area contributed by atoms with Gasteiger partial charge >= 0.3 is 5.97 Å². The molecule has 11 nitrogen and oxygen atoms in total. The highest BCUT2D eigenvalue weighted by molar-refractivity contribution is 7.15. The third-order valence-electron chi connectivity index (χ3n) is 11.3. The van der Waals surface area contributed by atoms with Crippen molar-refractivity contribution in [3.05, 3.63) is 97.5 Å². The van der Waals surface area contributed by atoms with Gasteiger partial charge in [-0.2, -0.15) is 0 Å². The van der Waals surface area contributed by atoms with Gasteiger partial charge in [0.1, 0.15) is 10.6 Å². The number of hydrogen-bond donors (Lipinski definition) is 3. The van der Waals surface area contributed by atoms with Crippen molar-refractivity contribution in [2.24, 2.45) is 0 Å². The zero-order valence-corrected chi connectivity index (χ0v) is 34.1. The quantitative estimate of drug-likeness (QED) is 0.0840. The van der Waals surface area contributed by atoms with E-state index < -0.39 is 14.3 Å². The molecule has 290 valence electrons. The standard InChI is InChI=1S/C41H54N4O7SSi/c1-40(2,3)54(5,6)52-33(30-10-12-32(46)37-31(30)11-15-36(47)43-37)25-42-19-16-28-8-7-9-29(24-28)26-44-20-17-41(18-21-44)27-45(22-23-51-41)38(48)34-13-14-35(53-34)39(49)50-4/h7-15,24,33,42,46H,16-23,25-27H2,1-6H3,(H,43,47)/t33-/m0/s1. The number of likely N-dealkylation sites (tertiary alicyclic amines) is 1. The number of ether oxygens (including phenoxy) is 2. The van der Waals surface area contributed by atoms with Crippen LogP contribution in [0.3, 0.4) is 0 Å². The summed E-state index contributed by atoms with van der Waals surface area (Å²) >= 11 is 1.17. The minimum Gasteiger partial charge on any atom is -0.506 e. The van der Waals surface area contributed by atoms with E-state index in [1.165, 1.54) is 35.6 Å². The molecule has 3 N–H and O–H groups in total. The topological polar surface area (TPSA) is 133 Å². The predicted octanol–water partition coefficient (Wildman–Crippen LogP) is 6.48. The van der Waals surface area contributed by atoms with Gasteiger partial charge in [0.25, 0.3) is 5.91 Å². The second kappa shape index (κ2) is 16.5. The number of aromatic amines is 1. The summed E-state index contributed by atoms with van der Waals surface area (Å²) in [6.07, 6.45) is 2.30. The van der Waals surface area contributed by atoms with Crippen molar-refractivity contribution in [1.29, 1.82) is 0 Å². The summed E-state index contributed by atoms with van der Waals surface area (Å²) in [6, 6.07) is 19.0. The van der Waals surface area contributed by atoms with E-state index in [0.717, 1.165) is 56.4 Å². The number of methoxy groups -OCH3 is 1. The first-order chi connectivity index (χ1) is 25.7. The number of phenols is 1. The highest BCUT2D eigenvalue weighted by Gasteiger charge is 2.42. The Morgan fingerprint density at radius 1 is 1.04 bits per heavy atom. The summed E-state index contributed by atoms with van der Waals surface area (Å²) in [5.74, 6) is -0.441. The van der Waals surface area contributed by atoms with E-state index in [4.69, 9.17) is 13.9 Å². The fraction of sp³-hybridized carbons (Fsp3) is 0.488. The summed E-state index contributed by atoms with van der Waals surface area (Å²) in [7, 11) is -0.831. The van der Waals surface area contributed by atoms with Crippen molar-refractivity contribution in [3.8, 4) is 5.75 Å². The molecule has 2 aliphatic heterocycles. The Labute approximate surface area is 322 Å². The van der Waals surface area contributed by atoms with Crippen LogP contribution < -0.4 is 10.9 Å². The van der Waals surface area contributed by atoms with E-state index >= 15 is 0 Å². The summed E-state index contributed by atoms with van der Waals surface area (Å²) in [5.41, 5.74) is 3.29. The molecule has 0 aliphatic carbocycles. The van der Waals surface area contributed by atoms with Gasteiger partial charge in [-0.25, -0.2) is 4.79 Å². The molecule has 1 spiro atoms. The van der Waals surface area contributed by atoms with E-state index in [2.05, 4.69) is 73.3 Å². The van der Waals surface area contributed by atoms with Gasteiger partial charge in [0.15, 0.2) is 8.32 Å². The molecule has 2 saturated heterocycles. The Hall–Kier alpha value is -3.85. The van der Waals surface area contributed by atoms with Crippen LogP contribution in [0.1, 0.15) is 75.8 Å². The summed E-state index contributed by atoms with van der Waals surface area (Å²) in [4.78, 5) is 45.4. The van der Waals surface area contributed by atoms with Crippen molar-refractivity contribution < 1.29 is 28.6 Å². The van der Waals surface area contributed by atoms with Crippen LogP contribution in [0.5, 0.6) is 5.75 Å². The van der Waals surface area contributed by atoms with E-state index in [1.807, 2.05) is 11.0 Å². The number of piperidine rings is 1. The number of esters is 1. The first-order valence-electron chi connectivity index (χ1n) is 18.8. The number of phenolic OH excluding ortho intramolecular Hbond substituents is 1. The normalized spacial score (nSPS) is 17.2. The molecule has 4 heterocycles. The predicted molar refractivity (Wildman–Crippen MR) is 215 cm³/mol. The van der Waals surface area contributed by atoms with Gasteiger partial charge in [-0.05, 0) is 84.9 Å². The number of aromatic nitrogens is 1. The monoisotopic (exact) mass is 774 g/mol. The van der Waals surface area contributed by atoms with E-state index in [-0.39, 0.29) is 34.0 Å². The molecule has 13 heteroatoms. The second-order valence-electron chi connectivity index (χ2n) is 16.1. The number of nitrogens with one attached hydrogen (secondary N) is 2. The van der Waals surface area contributed by atoms with Crippen molar-refractivity contribution in [2.75, 3.05) is 53.0 Å².